The molecule has 1 saturated carbocycles. The predicted octanol–water partition coefficient (Wildman–Crippen LogP) is 4.60. The summed E-state index contributed by atoms with van der Waals surface area (Å²) in [5, 5.41) is 0. The number of hydrogen-bond acceptors (Lipinski definition) is 1. The molecule has 0 heterocycles. The van der Waals surface area contributed by atoms with E-state index in [1.165, 1.54) is 31.7 Å². The Morgan fingerprint density at radius 1 is 1.28 bits per heavy atom. The highest BCUT2D eigenvalue weighted by Gasteiger charge is 2.24. The third-order valence-corrected chi connectivity index (χ3v) is 4.44. The molecule has 0 spiro atoms. The van der Waals surface area contributed by atoms with E-state index < -0.39 is 0 Å². The molecule has 2 atom stereocenters. The molecule has 18 heavy (non-hydrogen) atoms. The minimum Gasteiger partial charge on any atom is -0.299 e. The fourth-order valence-corrected chi connectivity index (χ4v) is 3.57. The van der Waals surface area contributed by atoms with Gasteiger partial charge in [0.05, 0.1) is 0 Å². The molecule has 0 saturated heterocycles. The van der Waals surface area contributed by atoms with Crippen molar-refractivity contribution in [2.24, 2.45) is 5.92 Å². The molecule has 1 aliphatic rings. The Morgan fingerprint density at radius 3 is 2.67 bits per heavy atom. The molecule has 0 amide bonds. The normalized spacial score (nSPS) is 24.5. The quantitative estimate of drug-likeness (QED) is 0.788. The second kappa shape index (κ2) is 6.16. The van der Waals surface area contributed by atoms with Crippen LogP contribution in [0.1, 0.15) is 38.2 Å². The highest BCUT2D eigenvalue weighted by Crippen LogP contribution is 2.28. The van der Waals surface area contributed by atoms with Gasteiger partial charge < -0.3 is 0 Å². The van der Waals surface area contributed by atoms with E-state index in [0.717, 1.165) is 22.5 Å². The first-order valence-electron chi connectivity index (χ1n) is 6.71. The lowest BCUT2D eigenvalue weighted by molar-refractivity contribution is 0.133. The second-order valence-electron chi connectivity index (χ2n) is 5.52. The van der Waals surface area contributed by atoms with Crippen LogP contribution in [0.15, 0.2) is 22.7 Å². The molecule has 0 bridgehead atoms. The van der Waals surface area contributed by atoms with E-state index in [-0.39, 0.29) is 5.82 Å². The van der Waals surface area contributed by atoms with Crippen LogP contribution >= 0.6 is 15.9 Å². The van der Waals surface area contributed by atoms with E-state index in [9.17, 15) is 4.39 Å². The highest BCUT2D eigenvalue weighted by molar-refractivity contribution is 9.10. The number of rotatable bonds is 3. The lowest BCUT2D eigenvalue weighted by atomic mass is 9.85. The van der Waals surface area contributed by atoms with E-state index in [0.29, 0.717) is 6.04 Å². The molecule has 1 aromatic carbocycles. The topological polar surface area (TPSA) is 3.24 Å². The van der Waals surface area contributed by atoms with E-state index in [1.54, 1.807) is 6.07 Å². The summed E-state index contributed by atoms with van der Waals surface area (Å²) in [6, 6.07) is 5.79. The summed E-state index contributed by atoms with van der Waals surface area (Å²) in [5.74, 6) is 0.588. The van der Waals surface area contributed by atoms with Gasteiger partial charge in [0, 0.05) is 17.1 Å². The molecule has 0 N–H and O–H groups in total. The van der Waals surface area contributed by atoms with Gasteiger partial charge in [-0.15, -0.1) is 0 Å². The molecule has 3 heteroatoms. The van der Waals surface area contributed by atoms with E-state index in [1.807, 2.05) is 6.07 Å². The van der Waals surface area contributed by atoms with Crippen LogP contribution in [0.25, 0.3) is 0 Å². The zero-order chi connectivity index (χ0) is 13.1. The molecule has 100 valence electrons. The smallest absolute Gasteiger partial charge is 0.124 e. The molecule has 1 aromatic rings. The third-order valence-electron chi connectivity index (χ3n) is 3.99. The SMILES string of the molecule is CC1CCCCC1N(C)Cc1cc(F)cc(Br)c1. The average Bonchev–Trinajstić information content (AvgIpc) is 2.27. The predicted molar refractivity (Wildman–Crippen MR) is 77.0 cm³/mol. The van der Waals surface area contributed by atoms with Crippen molar-refractivity contribution in [2.75, 3.05) is 7.05 Å². The second-order valence-corrected chi connectivity index (χ2v) is 6.44. The van der Waals surface area contributed by atoms with Crippen molar-refractivity contribution in [1.82, 2.24) is 4.90 Å². The summed E-state index contributed by atoms with van der Waals surface area (Å²) in [5.41, 5.74) is 1.04. The van der Waals surface area contributed by atoms with Crippen molar-refractivity contribution in [3.8, 4) is 0 Å². The van der Waals surface area contributed by atoms with Gasteiger partial charge in [-0.2, -0.15) is 0 Å². The molecule has 2 unspecified atom stereocenters. The fraction of sp³-hybridized carbons (Fsp3) is 0.600. The molecule has 1 aliphatic carbocycles. The van der Waals surface area contributed by atoms with Crippen LogP contribution in [0.2, 0.25) is 0 Å². The first-order valence-corrected chi connectivity index (χ1v) is 7.51. The molecular formula is C15H21BrFN. The van der Waals surface area contributed by atoms with Crippen LogP contribution in [0.4, 0.5) is 4.39 Å². The van der Waals surface area contributed by atoms with Crippen molar-refractivity contribution >= 4 is 15.9 Å². The van der Waals surface area contributed by atoms with Crippen molar-refractivity contribution in [3.05, 3.63) is 34.1 Å². The maximum Gasteiger partial charge on any atom is 0.124 e. The average molecular weight is 314 g/mol. The van der Waals surface area contributed by atoms with Gasteiger partial charge >= 0.3 is 0 Å². The molecule has 0 aliphatic heterocycles. The Labute approximate surface area is 118 Å². The van der Waals surface area contributed by atoms with Gasteiger partial charge in [-0.1, -0.05) is 35.7 Å². The summed E-state index contributed by atoms with van der Waals surface area (Å²) in [4.78, 5) is 2.38. The van der Waals surface area contributed by atoms with Crippen molar-refractivity contribution in [3.63, 3.8) is 0 Å². The molecular weight excluding hydrogens is 293 g/mol. The minimum absolute atomic E-state index is 0.163. The molecule has 1 fully saturated rings. The fourth-order valence-electron chi connectivity index (χ4n) is 3.06. The van der Waals surface area contributed by atoms with Gasteiger partial charge in [-0.25, -0.2) is 4.39 Å². The summed E-state index contributed by atoms with van der Waals surface area (Å²) in [6.07, 6.45) is 5.28. The van der Waals surface area contributed by atoms with Gasteiger partial charge in [0.25, 0.3) is 0 Å². The third kappa shape index (κ3) is 3.55. The Kier molecular flexibility index (Phi) is 4.79. The van der Waals surface area contributed by atoms with Gasteiger partial charge in [0.15, 0.2) is 0 Å². The maximum atomic E-state index is 13.3. The van der Waals surface area contributed by atoms with Crippen LogP contribution in [-0.2, 0) is 6.54 Å². The number of benzene rings is 1. The summed E-state index contributed by atoms with van der Waals surface area (Å²) >= 11 is 3.35. The molecule has 0 aromatic heterocycles. The first kappa shape index (κ1) is 14.0. The van der Waals surface area contributed by atoms with Crippen molar-refractivity contribution < 1.29 is 4.39 Å². The zero-order valence-corrected chi connectivity index (χ0v) is 12.7. The lowest BCUT2D eigenvalue weighted by Crippen LogP contribution is -2.38. The van der Waals surface area contributed by atoms with Crippen LogP contribution in [0, 0.1) is 11.7 Å². The molecule has 1 nitrogen and oxygen atoms in total. The molecule has 2 rings (SSSR count). The number of halogens is 2. The van der Waals surface area contributed by atoms with Gasteiger partial charge in [0.1, 0.15) is 5.82 Å². The van der Waals surface area contributed by atoms with E-state index >= 15 is 0 Å². The molecule has 0 radical (unpaired) electrons. The van der Waals surface area contributed by atoms with Crippen LogP contribution in [0.3, 0.4) is 0 Å². The summed E-state index contributed by atoms with van der Waals surface area (Å²) in [6.45, 7) is 3.16. The van der Waals surface area contributed by atoms with Gasteiger partial charge in [-0.3, -0.25) is 4.90 Å². The number of nitrogens with zero attached hydrogens (tertiary/aromatic N) is 1. The summed E-state index contributed by atoms with van der Waals surface area (Å²) < 4.78 is 14.2. The Morgan fingerprint density at radius 2 is 2.00 bits per heavy atom. The Bertz CT molecular complexity index is 387. The Balaban J connectivity index is 2.03. The monoisotopic (exact) mass is 313 g/mol. The van der Waals surface area contributed by atoms with Crippen LogP contribution < -0.4 is 0 Å². The van der Waals surface area contributed by atoms with Crippen LogP contribution in [0.5, 0.6) is 0 Å². The summed E-state index contributed by atoms with van der Waals surface area (Å²) in [7, 11) is 2.16. The number of hydrogen-bond donors (Lipinski definition) is 0. The van der Waals surface area contributed by atoms with E-state index in [4.69, 9.17) is 0 Å². The lowest BCUT2D eigenvalue weighted by Gasteiger charge is -2.36. The van der Waals surface area contributed by atoms with Crippen molar-refractivity contribution in [1.29, 1.82) is 0 Å². The minimum atomic E-state index is -0.163. The standard InChI is InChI=1S/C15H21BrFN/c1-11-5-3-4-6-15(11)18(2)10-12-7-13(16)9-14(17)8-12/h7-9,11,15H,3-6,10H2,1-2H3. The van der Waals surface area contributed by atoms with Crippen LogP contribution in [-0.4, -0.2) is 18.0 Å². The van der Waals surface area contributed by atoms with Gasteiger partial charge in [-0.05, 0) is 49.6 Å². The largest absolute Gasteiger partial charge is 0.299 e. The maximum absolute atomic E-state index is 13.3. The highest BCUT2D eigenvalue weighted by atomic mass is 79.9. The van der Waals surface area contributed by atoms with E-state index in [2.05, 4.69) is 34.8 Å². The van der Waals surface area contributed by atoms with Gasteiger partial charge in [0.2, 0.25) is 0 Å². The first-order chi connectivity index (χ1) is 8.56. The zero-order valence-electron chi connectivity index (χ0n) is 11.1. The Hall–Kier alpha value is -0.410. The van der Waals surface area contributed by atoms with Crippen molar-refractivity contribution in [2.45, 2.75) is 45.2 Å².